The van der Waals surface area contributed by atoms with Crippen LogP contribution >= 0.6 is 12.4 Å². The predicted octanol–water partition coefficient (Wildman–Crippen LogP) is 3.37. The molecule has 2 aromatic carbocycles. The number of carbonyl (C=O) groups excluding carboxylic acids is 1. The molecule has 0 radical (unpaired) electrons. The fraction of sp³-hybridized carbons (Fsp3) is 0.273. The number of halogens is 2. The number of hydrogen-bond acceptors (Lipinski definition) is 4. The number of amides is 1. The van der Waals surface area contributed by atoms with Crippen LogP contribution in [-0.2, 0) is 4.74 Å². The van der Waals surface area contributed by atoms with E-state index in [0.717, 1.165) is 17.7 Å². The molecule has 6 nitrogen and oxygen atoms in total. The molecular formula is C22H26ClFN4O2. The van der Waals surface area contributed by atoms with Crippen molar-refractivity contribution in [3.63, 3.8) is 0 Å². The first-order chi connectivity index (χ1) is 14.1. The van der Waals surface area contributed by atoms with Crippen LogP contribution in [0.4, 0.5) is 4.39 Å². The van der Waals surface area contributed by atoms with Gasteiger partial charge in [-0.2, -0.15) is 5.10 Å². The van der Waals surface area contributed by atoms with Gasteiger partial charge in [-0.3, -0.25) is 4.79 Å². The van der Waals surface area contributed by atoms with Gasteiger partial charge in [0.25, 0.3) is 5.91 Å². The highest BCUT2D eigenvalue weighted by Gasteiger charge is 2.18. The molecule has 3 rings (SSSR count). The second kappa shape index (κ2) is 11.4. The van der Waals surface area contributed by atoms with Gasteiger partial charge in [0.2, 0.25) is 0 Å². The summed E-state index contributed by atoms with van der Waals surface area (Å²) in [6.07, 6.45) is 1.68. The lowest BCUT2D eigenvalue weighted by molar-refractivity contribution is 0.0954. The molecule has 1 aromatic heterocycles. The fourth-order valence-electron chi connectivity index (χ4n) is 2.93. The average molecular weight is 433 g/mol. The number of nitrogens with zero attached hydrogens (tertiary/aromatic N) is 2. The molecule has 0 aliphatic heterocycles. The van der Waals surface area contributed by atoms with Crippen molar-refractivity contribution < 1.29 is 13.9 Å². The zero-order valence-corrected chi connectivity index (χ0v) is 17.8. The second-order valence-electron chi connectivity index (χ2n) is 6.68. The van der Waals surface area contributed by atoms with E-state index in [1.807, 2.05) is 31.2 Å². The normalized spacial score (nSPS) is 10.5. The van der Waals surface area contributed by atoms with Crippen molar-refractivity contribution in [3.05, 3.63) is 71.7 Å². The number of benzene rings is 2. The van der Waals surface area contributed by atoms with E-state index in [1.165, 1.54) is 12.1 Å². The van der Waals surface area contributed by atoms with Crippen LogP contribution in [-0.4, -0.2) is 49.0 Å². The van der Waals surface area contributed by atoms with Crippen molar-refractivity contribution in [2.75, 3.05) is 33.4 Å². The summed E-state index contributed by atoms with van der Waals surface area (Å²) in [7, 11) is 1.65. The maximum Gasteiger partial charge on any atom is 0.255 e. The first kappa shape index (κ1) is 23.5. The Morgan fingerprint density at radius 2 is 1.90 bits per heavy atom. The Hall–Kier alpha value is -2.74. The van der Waals surface area contributed by atoms with Gasteiger partial charge in [0.1, 0.15) is 11.5 Å². The standard InChI is InChI=1S/C22H25FN4O2.ClH/c1-16-4-3-5-17(14-16)21-20(22(28)25-11-10-24-12-13-29-2)15-27(26-21)19-8-6-18(23)7-9-19;/h3-9,14-15,24H,10-13H2,1-2H3,(H,25,28);1H. The van der Waals surface area contributed by atoms with Crippen LogP contribution in [0.25, 0.3) is 16.9 Å². The predicted molar refractivity (Wildman–Crippen MR) is 118 cm³/mol. The monoisotopic (exact) mass is 432 g/mol. The zero-order valence-electron chi connectivity index (χ0n) is 17.0. The number of hydrogen-bond donors (Lipinski definition) is 2. The third-order valence-corrected chi connectivity index (χ3v) is 4.41. The van der Waals surface area contributed by atoms with Gasteiger partial charge in [-0.25, -0.2) is 9.07 Å². The fourth-order valence-corrected chi connectivity index (χ4v) is 2.93. The number of aromatic nitrogens is 2. The van der Waals surface area contributed by atoms with Crippen LogP contribution in [0.15, 0.2) is 54.7 Å². The molecular weight excluding hydrogens is 407 g/mol. The molecule has 0 aliphatic rings. The Bertz CT molecular complexity index is 960. The Balaban J connectivity index is 0.00000320. The third-order valence-electron chi connectivity index (χ3n) is 4.41. The summed E-state index contributed by atoms with van der Waals surface area (Å²) < 4.78 is 19.8. The maximum atomic E-state index is 13.3. The van der Waals surface area contributed by atoms with Crippen LogP contribution in [0, 0.1) is 12.7 Å². The lowest BCUT2D eigenvalue weighted by Gasteiger charge is -2.07. The largest absolute Gasteiger partial charge is 0.383 e. The molecule has 0 unspecified atom stereocenters. The molecule has 8 heteroatoms. The summed E-state index contributed by atoms with van der Waals surface area (Å²) >= 11 is 0. The smallest absolute Gasteiger partial charge is 0.255 e. The lowest BCUT2D eigenvalue weighted by atomic mass is 10.1. The molecule has 0 aliphatic carbocycles. The Morgan fingerprint density at radius 3 is 2.60 bits per heavy atom. The van der Waals surface area contributed by atoms with Crippen molar-refractivity contribution in [2.45, 2.75) is 6.92 Å². The van der Waals surface area contributed by atoms with Gasteiger partial charge < -0.3 is 15.4 Å². The van der Waals surface area contributed by atoms with Gasteiger partial charge in [0.05, 0.1) is 17.9 Å². The molecule has 0 atom stereocenters. The molecule has 0 saturated heterocycles. The van der Waals surface area contributed by atoms with E-state index < -0.39 is 0 Å². The Kier molecular flexibility index (Phi) is 8.98. The van der Waals surface area contributed by atoms with E-state index in [0.29, 0.717) is 36.6 Å². The molecule has 0 spiro atoms. The highest BCUT2D eigenvalue weighted by Crippen LogP contribution is 2.24. The number of methoxy groups -OCH3 is 1. The molecule has 160 valence electrons. The minimum atomic E-state index is -0.321. The molecule has 2 N–H and O–H groups in total. The first-order valence-corrected chi connectivity index (χ1v) is 9.49. The highest BCUT2D eigenvalue weighted by atomic mass is 35.5. The van der Waals surface area contributed by atoms with Gasteiger partial charge in [0, 0.05) is 38.5 Å². The van der Waals surface area contributed by atoms with Gasteiger partial charge in [-0.15, -0.1) is 12.4 Å². The van der Waals surface area contributed by atoms with E-state index in [2.05, 4.69) is 15.7 Å². The van der Waals surface area contributed by atoms with E-state index in [1.54, 1.807) is 30.1 Å². The highest BCUT2D eigenvalue weighted by molar-refractivity contribution is 6.00. The molecule has 1 amide bonds. The van der Waals surface area contributed by atoms with Gasteiger partial charge >= 0.3 is 0 Å². The van der Waals surface area contributed by atoms with Crippen LogP contribution in [0.2, 0.25) is 0 Å². The van der Waals surface area contributed by atoms with Crippen LogP contribution in [0.1, 0.15) is 15.9 Å². The number of nitrogens with one attached hydrogen (secondary N) is 2. The molecule has 30 heavy (non-hydrogen) atoms. The summed E-state index contributed by atoms with van der Waals surface area (Å²) in [5, 5.41) is 10.7. The summed E-state index contributed by atoms with van der Waals surface area (Å²) in [4.78, 5) is 12.8. The van der Waals surface area contributed by atoms with E-state index in [-0.39, 0.29) is 24.1 Å². The molecule has 0 bridgehead atoms. The van der Waals surface area contributed by atoms with Gasteiger partial charge in [-0.1, -0.05) is 23.8 Å². The summed E-state index contributed by atoms with van der Waals surface area (Å²) in [5.74, 6) is -0.526. The van der Waals surface area contributed by atoms with Crippen molar-refractivity contribution in [1.29, 1.82) is 0 Å². The molecule has 0 fully saturated rings. The zero-order chi connectivity index (χ0) is 20.6. The molecule has 3 aromatic rings. The van der Waals surface area contributed by atoms with Crippen LogP contribution in [0.3, 0.4) is 0 Å². The number of rotatable bonds is 9. The average Bonchev–Trinajstić information content (AvgIpc) is 3.16. The lowest BCUT2D eigenvalue weighted by Crippen LogP contribution is -2.33. The number of carbonyl (C=O) groups is 1. The summed E-state index contributed by atoms with van der Waals surface area (Å²) in [6.45, 7) is 4.46. The Labute approximate surface area is 181 Å². The Morgan fingerprint density at radius 1 is 1.13 bits per heavy atom. The van der Waals surface area contributed by atoms with Gasteiger partial charge in [0.15, 0.2) is 0 Å². The van der Waals surface area contributed by atoms with Crippen molar-refractivity contribution in [1.82, 2.24) is 20.4 Å². The summed E-state index contributed by atoms with van der Waals surface area (Å²) in [5.41, 5.74) is 3.67. The second-order valence-corrected chi connectivity index (χ2v) is 6.68. The quantitative estimate of drug-likeness (QED) is 0.509. The van der Waals surface area contributed by atoms with Crippen molar-refractivity contribution in [3.8, 4) is 16.9 Å². The van der Waals surface area contributed by atoms with E-state index in [4.69, 9.17) is 4.74 Å². The topological polar surface area (TPSA) is 68.2 Å². The third kappa shape index (κ3) is 6.13. The van der Waals surface area contributed by atoms with E-state index in [9.17, 15) is 9.18 Å². The maximum absolute atomic E-state index is 13.3. The number of ether oxygens (including phenoxy) is 1. The van der Waals surface area contributed by atoms with Crippen molar-refractivity contribution >= 4 is 18.3 Å². The minimum Gasteiger partial charge on any atom is -0.383 e. The molecule has 1 heterocycles. The minimum absolute atomic E-state index is 0. The van der Waals surface area contributed by atoms with Crippen LogP contribution < -0.4 is 10.6 Å². The van der Waals surface area contributed by atoms with E-state index >= 15 is 0 Å². The van der Waals surface area contributed by atoms with Crippen molar-refractivity contribution in [2.24, 2.45) is 0 Å². The summed E-state index contributed by atoms with van der Waals surface area (Å²) in [6, 6.07) is 13.8. The SMILES string of the molecule is COCCNCCNC(=O)c1cn(-c2ccc(F)cc2)nc1-c1cccc(C)c1.Cl. The number of aryl methyl sites for hydroxylation is 1. The van der Waals surface area contributed by atoms with Crippen LogP contribution in [0.5, 0.6) is 0 Å². The molecule has 0 saturated carbocycles. The van der Waals surface area contributed by atoms with Gasteiger partial charge in [-0.05, 0) is 37.3 Å². The first-order valence-electron chi connectivity index (χ1n) is 9.49.